The van der Waals surface area contributed by atoms with Crippen molar-refractivity contribution < 1.29 is 0 Å². The highest BCUT2D eigenvalue weighted by atomic mass is 32.1. The first-order valence-electron chi connectivity index (χ1n) is 6.64. The molecular weight excluding hydrogens is 214 g/mol. The standard InChI is InChI=1S/C14H23NS/c1-3-8-15-13(10-11-5-6-11)14-12(4-2)7-9-16-14/h7,9,11,13,15H,3-6,8,10H2,1-2H3. The second kappa shape index (κ2) is 5.83. The van der Waals surface area contributed by atoms with Crippen molar-refractivity contribution in [2.24, 2.45) is 5.92 Å². The topological polar surface area (TPSA) is 12.0 Å². The monoisotopic (exact) mass is 237 g/mol. The van der Waals surface area contributed by atoms with Gasteiger partial charge in [-0.15, -0.1) is 11.3 Å². The Morgan fingerprint density at radius 2 is 2.25 bits per heavy atom. The Morgan fingerprint density at radius 1 is 1.44 bits per heavy atom. The van der Waals surface area contributed by atoms with Crippen LogP contribution in [0.4, 0.5) is 0 Å². The van der Waals surface area contributed by atoms with Crippen molar-refractivity contribution in [3.63, 3.8) is 0 Å². The third-order valence-electron chi connectivity index (χ3n) is 3.38. The molecule has 0 saturated heterocycles. The number of nitrogens with one attached hydrogen (secondary N) is 1. The summed E-state index contributed by atoms with van der Waals surface area (Å²) in [6.45, 7) is 5.66. The molecule has 1 atom stereocenters. The minimum absolute atomic E-state index is 0.627. The molecule has 1 nitrogen and oxygen atoms in total. The summed E-state index contributed by atoms with van der Waals surface area (Å²) >= 11 is 1.94. The van der Waals surface area contributed by atoms with E-state index in [0.717, 1.165) is 12.5 Å². The molecule has 0 spiro atoms. The summed E-state index contributed by atoms with van der Waals surface area (Å²) in [7, 11) is 0. The minimum atomic E-state index is 0.627. The van der Waals surface area contributed by atoms with Crippen LogP contribution in [0.5, 0.6) is 0 Å². The quantitative estimate of drug-likeness (QED) is 0.751. The van der Waals surface area contributed by atoms with E-state index in [-0.39, 0.29) is 0 Å². The van der Waals surface area contributed by atoms with Gasteiger partial charge in [0.25, 0.3) is 0 Å². The average Bonchev–Trinajstić information content (AvgIpc) is 2.99. The summed E-state index contributed by atoms with van der Waals surface area (Å²) in [6, 6.07) is 2.93. The second-order valence-corrected chi connectivity index (χ2v) is 5.80. The maximum absolute atomic E-state index is 3.73. The van der Waals surface area contributed by atoms with Gasteiger partial charge >= 0.3 is 0 Å². The molecule has 2 rings (SSSR count). The lowest BCUT2D eigenvalue weighted by atomic mass is 10.0. The van der Waals surface area contributed by atoms with Crippen LogP contribution in [0.1, 0.15) is 56.0 Å². The van der Waals surface area contributed by atoms with E-state index in [1.165, 1.54) is 32.1 Å². The third kappa shape index (κ3) is 3.08. The van der Waals surface area contributed by atoms with E-state index in [1.54, 1.807) is 10.4 Å². The number of hydrogen-bond donors (Lipinski definition) is 1. The zero-order valence-electron chi connectivity index (χ0n) is 10.5. The molecule has 0 bridgehead atoms. The molecule has 0 radical (unpaired) electrons. The summed E-state index contributed by atoms with van der Waals surface area (Å²) in [5, 5.41) is 5.98. The van der Waals surface area contributed by atoms with E-state index in [2.05, 4.69) is 30.6 Å². The van der Waals surface area contributed by atoms with Crippen LogP contribution in [0, 0.1) is 5.92 Å². The zero-order valence-corrected chi connectivity index (χ0v) is 11.3. The fourth-order valence-electron chi connectivity index (χ4n) is 2.23. The molecule has 1 heterocycles. The van der Waals surface area contributed by atoms with Gasteiger partial charge in [-0.25, -0.2) is 0 Å². The normalized spacial score (nSPS) is 17.6. The molecule has 90 valence electrons. The fourth-order valence-corrected chi connectivity index (χ4v) is 3.32. The van der Waals surface area contributed by atoms with E-state index in [9.17, 15) is 0 Å². The zero-order chi connectivity index (χ0) is 11.4. The van der Waals surface area contributed by atoms with Crippen molar-refractivity contribution in [2.75, 3.05) is 6.54 Å². The first kappa shape index (κ1) is 12.1. The molecule has 16 heavy (non-hydrogen) atoms. The van der Waals surface area contributed by atoms with Crippen molar-refractivity contribution in [1.29, 1.82) is 0 Å². The van der Waals surface area contributed by atoms with Gasteiger partial charge in [0.05, 0.1) is 0 Å². The molecule has 1 aromatic rings. The summed E-state index contributed by atoms with van der Waals surface area (Å²) in [4.78, 5) is 1.60. The van der Waals surface area contributed by atoms with Crippen LogP contribution in [-0.4, -0.2) is 6.54 Å². The van der Waals surface area contributed by atoms with Gasteiger partial charge in [-0.05, 0) is 48.7 Å². The van der Waals surface area contributed by atoms with E-state index in [4.69, 9.17) is 0 Å². The molecule has 1 saturated carbocycles. The Balaban J connectivity index is 2.03. The highest BCUT2D eigenvalue weighted by Crippen LogP contribution is 2.39. The molecule has 1 aliphatic carbocycles. The van der Waals surface area contributed by atoms with Crippen LogP contribution in [0.15, 0.2) is 11.4 Å². The highest BCUT2D eigenvalue weighted by molar-refractivity contribution is 7.10. The second-order valence-electron chi connectivity index (χ2n) is 4.85. The maximum Gasteiger partial charge on any atom is 0.0420 e. The largest absolute Gasteiger partial charge is 0.309 e. The van der Waals surface area contributed by atoms with Crippen LogP contribution < -0.4 is 5.32 Å². The van der Waals surface area contributed by atoms with Crippen molar-refractivity contribution in [3.05, 3.63) is 21.9 Å². The molecular formula is C14H23NS. The lowest BCUT2D eigenvalue weighted by Crippen LogP contribution is -2.22. The van der Waals surface area contributed by atoms with Crippen LogP contribution in [0.3, 0.4) is 0 Å². The Labute approximate surface area is 103 Å². The lowest BCUT2D eigenvalue weighted by Gasteiger charge is -2.18. The van der Waals surface area contributed by atoms with Crippen LogP contribution in [0.25, 0.3) is 0 Å². The third-order valence-corrected chi connectivity index (χ3v) is 4.46. The Bertz CT molecular complexity index is 314. The summed E-state index contributed by atoms with van der Waals surface area (Å²) < 4.78 is 0. The van der Waals surface area contributed by atoms with Gasteiger partial charge in [0.2, 0.25) is 0 Å². The van der Waals surface area contributed by atoms with Crippen molar-refractivity contribution in [3.8, 4) is 0 Å². The molecule has 1 fully saturated rings. The summed E-state index contributed by atoms with van der Waals surface area (Å²) in [5.41, 5.74) is 1.55. The predicted molar refractivity (Wildman–Crippen MR) is 72.1 cm³/mol. The molecule has 1 unspecified atom stereocenters. The molecule has 0 aliphatic heterocycles. The van der Waals surface area contributed by atoms with Gasteiger partial charge in [-0.1, -0.05) is 26.7 Å². The van der Waals surface area contributed by atoms with E-state index in [0.29, 0.717) is 6.04 Å². The lowest BCUT2D eigenvalue weighted by molar-refractivity contribution is 0.478. The van der Waals surface area contributed by atoms with Crippen molar-refractivity contribution in [2.45, 2.75) is 52.0 Å². The molecule has 1 N–H and O–H groups in total. The van der Waals surface area contributed by atoms with Gasteiger partial charge < -0.3 is 5.32 Å². The van der Waals surface area contributed by atoms with Crippen LogP contribution in [-0.2, 0) is 6.42 Å². The maximum atomic E-state index is 3.73. The molecule has 1 aromatic heterocycles. The van der Waals surface area contributed by atoms with Crippen LogP contribution >= 0.6 is 11.3 Å². The molecule has 1 aliphatic rings. The fraction of sp³-hybridized carbons (Fsp3) is 0.714. The molecule has 0 amide bonds. The van der Waals surface area contributed by atoms with Crippen molar-refractivity contribution in [1.82, 2.24) is 5.32 Å². The molecule has 2 heteroatoms. The minimum Gasteiger partial charge on any atom is -0.309 e. The summed E-state index contributed by atoms with van der Waals surface area (Å²) in [5.74, 6) is 1.00. The first-order chi connectivity index (χ1) is 7.85. The van der Waals surface area contributed by atoms with Gasteiger partial charge in [0.15, 0.2) is 0 Å². The first-order valence-corrected chi connectivity index (χ1v) is 7.52. The average molecular weight is 237 g/mol. The molecule has 0 aromatic carbocycles. The predicted octanol–water partition coefficient (Wildman–Crippen LogP) is 4.15. The Hall–Kier alpha value is -0.340. The van der Waals surface area contributed by atoms with Crippen LogP contribution in [0.2, 0.25) is 0 Å². The van der Waals surface area contributed by atoms with Gasteiger partial charge in [-0.3, -0.25) is 0 Å². The Morgan fingerprint density at radius 3 is 2.88 bits per heavy atom. The number of hydrogen-bond acceptors (Lipinski definition) is 2. The SMILES string of the molecule is CCCNC(CC1CC1)c1sccc1CC. The number of aryl methyl sites for hydroxylation is 1. The Kier molecular flexibility index (Phi) is 4.42. The van der Waals surface area contributed by atoms with Gasteiger partial charge in [0.1, 0.15) is 0 Å². The number of rotatable bonds is 7. The highest BCUT2D eigenvalue weighted by Gasteiger charge is 2.27. The van der Waals surface area contributed by atoms with Gasteiger partial charge in [-0.2, -0.15) is 0 Å². The van der Waals surface area contributed by atoms with E-state index >= 15 is 0 Å². The van der Waals surface area contributed by atoms with Crippen molar-refractivity contribution >= 4 is 11.3 Å². The smallest absolute Gasteiger partial charge is 0.0420 e. The van der Waals surface area contributed by atoms with E-state index < -0.39 is 0 Å². The number of thiophene rings is 1. The van der Waals surface area contributed by atoms with E-state index in [1.807, 2.05) is 11.3 Å². The van der Waals surface area contributed by atoms with Gasteiger partial charge in [0, 0.05) is 10.9 Å². The summed E-state index contributed by atoms with van der Waals surface area (Å²) in [6.07, 6.45) is 6.67.